The highest BCUT2D eigenvalue weighted by Crippen LogP contribution is 2.20. The van der Waals surface area contributed by atoms with Gasteiger partial charge in [0, 0.05) is 17.9 Å². The third-order valence-electron chi connectivity index (χ3n) is 2.93. The van der Waals surface area contributed by atoms with Gasteiger partial charge in [0.2, 0.25) is 0 Å². The molecule has 0 aliphatic rings. The lowest BCUT2D eigenvalue weighted by Gasteiger charge is -2.11. The number of nitrogens with one attached hydrogen (secondary N) is 1. The van der Waals surface area contributed by atoms with E-state index in [0.717, 1.165) is 11.3 Å². The summed E-state index contributed by atoms with van der Waals surface area (Å²) in [6, 6.07) is 12.6. The largest absolute Gasteiger partial charge is 0.497 e. The number of hydrogen-bond acceptors (Lipinski definition) is 4. The summed E-state index contributed by atoms with van der Waals surface area (Å²) >= 11 is 0. The van der Waals surface area contributed by atoms with Crippen LogP contribution in [0.25, 0.3) is 0 Å². The summed E-state index contributed by atoms with van der Waals surface area (Å²) in [4.78, 5) is 11.4. The van der Waals surface area contributed by atoms with E-state index in [-0.39, 0.29) is 0 Å². The maximum atomic E-state index is 11.4. The van der Waals surface area contributed by atoms with Crippen LogP contribution in [0, 0.1) is 0 Å². The van der Waals surface area contributed by atoms with E-state index in [1.165, 1.54) is 0 Å². The van der Waals surface area contributed by atoms with Crippen molar-refractivity contribution in [1.29, 1.82) is 0 Å². The van der Waals surface area contributed by atoms with Crippen molar-refractivity contribution in [2.45, 2.75) is 6.54 Å². The van der Waals surface area contributed by atoms with Crippen LogP contribution in [-0.2, 0) is 6.54 Å². The quantitative estimate of drug-likeness (QED) is 0.725. The predicted molar refractivity (Wildman–Crippen MR) is 79.7 cm³/mol. The predicted octanol–water partition coefficient (Wildman–Crippen LogP) is 1.99. The summed E-state index contributed by atoms with van der Waals surface area (Å²) in [5.41, 5.74) is 13.7. The molecule has 0 spiro atoms. The van der Waals surface area contributed by atoms with Crippen LogP contribution in [0.2, 0.25) is 0 Å². The van der Waals surface area contributed by atoms with Crippen molar-refractivity contribution in [1.82, 2.24) is 0 Å². The number of anilines is 2. The molecule has 0 aliphatic carbocycles. The van der Waals surface area contributed by atoms with Crippen LogP contribution in [0.1, 0.15) is 15.9 Å². The fraction of sp³-hybridized carbons (Fsp3) is 0.133. The van der Waals surface area contributed by atoms with Crippen LogP contribution >= 0.6 is 0 Å². The van der Waals surface area contributed by atoms with E-state index in [1.807, 2.05) is 24.3 Å². The van der Waals surface area contributed by atoms with Gasteiger partial charge in [0.15, 0.2) is 0 Å². The Hall–Kier alpha value is -2.69. The van der Waals surface area contributed by atoms with Gasteiger partial charge >= 0.3 is 0 Å². The molecule has 0 unspecified atom stereocenters. The second-order valence-corrected chi connectivity index (χ2v) is 4.37. The van der Waals surface area contributed by atoms with Crippen molar-refractivity contribution in [3.05, 3.63) is 53.6 Å². The minimum Gasteiger partial charge on any atom is -0.497 e. The first-order valence-electron chi connectivity index (χ1n) is 6.16. The molecule has 2 aromatic rings. The van der Waals surface area contributed by atoms with Crippen LogP contribution in [0.4, 0.5) is 11.4 Å². The number of carbonyl (C=O) groups is 1. The van der Waals surface area contributed by atoms with E-state index in [1.54, 1.807) is 25.3 Å². The number of nitrogen functional groups attached to an aromatic ring is 1. The molecule has 0 fully saturated rings. The molecule has 2 aromatic carbocycles. The molecule has 2 rings (SSSR count). The zero-order valence-electron chi connectivity index (χ0n) is 11.2. The molecule has 0 heterocycles. The fourth-order valence-corrected chi connectivity index (χ4v) is 1.90. The standard InChI is InChI=1S/C15H17N3O2/c1-20-12-4-2-3-10(7-12)9-18-14-8-11(16)5-6-13(14)15(17)19/h2-8,18H,9,16H2,1H3,(H2,17,19). The highest BCUT2D eigenvalue weighted by Gasteiger charge is 2.08. The molecule has 0 bridgehead atoms. The number of carbonyl (C=O) groups excluding carboxylic acids is 1. The van der Waals surface area contributed by atoms with E-state index in [2.05, 4.69) is 5.32 Å². The van der Waals surface area contributed by atoms with E-state index in [9.17, 15) is 4.79 Å². The van der Waals surface area contributed by atoms with E-state index in [0.29, 0.717) is 23.5 Å². The van der Waals surface area contributed by atoms with E-state index < -0.39 is 5.91 Å². The highest BCUT2D eigenvalue weighted by atomic mass is 16.5. The van der Waals surface area contributed by atoms with Crippen LogP contribution < -0.4 is 21.5 Å². The lowest BCUT2D eigenvalue weighted by Crippen LogP contribution is -2.14. The van der Waals surface area contributed by atoms with Crippen molar-refractivity contribution >= 4 is 17.3 Å². The lowest BCUT2D eigenvalue weighted by atomic mass is 10.1. The molecule has 5 nitrogen and oxygen atoms in total. The van der Waals surface area contributed by atoms with Crippen molar-refractivity contribution < 1.29 is 9.53 Å². The van der Waals surface area contributed by atoms with Gasteiger partial charge in [-0.1, -0.05) is 12.1 Å². The van der Waals surface area contributed by atoms with Gasteiger partial charge in [0.25, 0.3) is 5.91 Å². The molecule has 0 aromatic heterocycles. The van der Waals surface area contributed by atoms with E-state index >= 15 is 0 Å². The maximum absolute atomic E-state index is 11.4. The Kier molecular flexibility index (Phi) is 4.10. The van der Waals surface area contributed by atoms with Crippen LogP contribution in [0.3, 0.4) is 0 Å². The monoisotopic (exact) mass is 271 g/mol. The molecule has 0 saturated heterocycles. The SMILES string of the molecule is COc1cccc(CNc2cc(N)ccc2C(N)=O)c1. The van der Waals surface area contributed by atoms with Gasteiger partial charge in [0.05, 0.1) is 12.7 Å². The zero-order valence-corrected chi connectivity index (χ0v) is 11.2. The Balaban J connectivity index is 2.17. The van der Waals surface area contributed by atoms with Crippen LogP contribution in [-0.4, -0.2) is 13.0 Å². The van der Waals surface area contributed by atoms with Crippen LogP contribution in [0.15, 0.2) is 42.5 Å². The Morgan fingerprint density at radius 1 is 1.25 bits per heavy atom. The summed E-state index contributed by atoms with van der Waals surface area (Å²) in [6.07, 6.45) is 0. The van der Waals surface area contributed by atoms with Crippen LogP contribution in [0.5, 0.6) is 5.75 Å². The molecule has 0 saturated carbocycles. The maximum Gasteiger partial charge on any atom is 0.250 e. The molecule has 1 amide bonds. The first-order valence-corrected chi connectivity index (χ1v) is 6.16. The van der Waals surface area contributed by atoms with Gasteiger partial charge in [0.1, 0.15) is 5.75 Å². The number of benzene rings is 2. The molecular formula is C15H17N3O2. The smallest absolute Gasteiger partial charge is 0.250 e. The molecule has 0 radical (unpaired) electrons. The van der Waals surface area contributed by atoms with Gasteiger partial charge in [-0.3, -0.25) is 4.79 Å². The molecule has 5 heteroatoms. The first-order chi connectivity index (χ1) is 9.60. The molecule has 0 atom stereocenters. The number of hydrogen-bond donors (Lipinski definition) is 3. The van der Waals surface area contributed by atoms with Crippen molar-refractivity contribution in [2.24, 2.45) is 5.73 Å². The third-order valence-corrected chi connectivity index (χ3v) is 2.93. The van der Waals surface area contributed by atoms with E-state index in [4.69, 9.17) is 16.2 Å². The van der Waals surface area contributed by atoms with Gasteiger partial charge in [-0.05, 0) is 35.9 Å². The molecular weight excluding hydrogens is 254 g/mol. The molecule has 104 valence electrons. The normalized spacial score (nSPS) is 10.1. The fourth-order valence-electron chi connectivity index (χ4n) is 1.90. The Labute approximate surface area is 117 Å². The second-order valence-electron chi connectivity index (χ2n) is 4.37. The second kappa shape index (κ2) is 5.97. The summed E-state index contributed by atoms with van der Waals surface area (Å²) < 4.78 is 5.17. The Morgan fingerprint density at radius 3 is 2.75 bits per heavy atom. The van der Waals surface area contributed by atoms with Gasteiger partial charge in [-0.15, -0.1) is 0 Å². The minimum absolute atomic E-state index is 0.419. The van der Waals surface area contributed by atoms with Crippen molar-refractivity contribution in [3.8, 4) is 5.75 Å². The average molecular weight is 271 g/mol. The minimum atomic E-state index is -0.488. The Bertz CT molecular complexity index is 626. The highest BCUT2D eigenvalue weighted by molar-refractivity contribution is 5.99. The third kappa shape index (κ3) is 3.20. The van der Waals surface area contributed by atoms with Crippen molar-refractivity contribution in [3.63, 3.8) is 0 Å². The average Bonchev–Trinajstić information content (AvgIpc) is 2.45. The van der Waals surface area contributed by atoms with Gasteiger partial charge < -0.3 is 21.5 Å². The molecule has 5 N–H and O–H groups in total. The number of ether oxygens (including phenoxy) is 1. The lowest BCUT2D eigenvalue weighted by molar-refractivity contribution is 0.100. The molecule has 20 heavy (non-hydrogen) atoms. The summed E-state index contributed by atoms with van der Waals surface area (Å²) in [5, 5.41) is 3.17. The number of nitrogens with two attached hydrogens (primary N) is 2. The number of primary amides is 1. The first kappa shape index (κ1) is 13.7. The molecule has 0 aliphatic heterocycles. The summed E-state index contributed by atoms with van der Waals surface area (Å²) in [5.74, 6) is 0.296. The Morgan fingerprint density at radius 2 is 2.05 bits per heavy atom. The zero-order chi connectivity index (χ0) is 14.5. The number of amides is 1. The van der Waals surface area contributed by atoms with Crippen molar-refractivity contribution in [2.75, 3.05) is 18.2 Å². The number of rotatable bonds is 5. The van der Waals surface area contributed by atoms with Gasteiger partial charge in [-0.2, -0.15) is 0 Å². The summed E-state index contributed by atoms with van der Waals surface area (Å²) in [7, 11) is 1.62. The van der Waals surface area contributed by atoms with Gasteiger partial charge in [-0.25, -0.2) is 0 Å². The summed E-state index contributed by atoms with van der Waals surface area (Å²) in [6.45, 7) is 0.543. The topological polar surface area (TPSA) is 90.4 Å². The number of methoxy groups -OCH3 is 1.